The molecule has 0 amide bonds. The van der Waals surface area contributed by atoms with Crippen LogP contribution >= 0.6 is 0 Å². The van der Waals surface area contributed by atoms with Crippen LogP contribution in [0.1, 0.15) is 12.8 Å². The summed E-state index contributed by atoms with van der Waals surface area (Å²) in [7, 11) is 1.98. The summed E-state index contributed by atoms with van der Waals surface area (Å²) in [4.78, 5) is 2.49. The second-order valence-electron chi connectivity index (χ2n) is 4.44. The van der Waals surface area contributed by atoms with Gasteiger partial charge in [0.2, 0.25) is 0 Å². The fourth-order valence-corrected chi connectivity index (χ4v) is 2.48. The molecule has 5 heteroatoms. The molecule has 5 N–H and O–H groups in total. The summed E-state index contributed by atoms with van der Waals surface area (Å²) in [5, 5.41) is 3.19. The van der Waals surface area contributed by atoms with Crippen molar-refractivity contribution in [2.75, 3.05) is 53.0 Å². The average molecular weight is 230 g/mol. The Morgan fingerprint density at radius 3 is 2.56 bits per heavy atom. The minimum Gasteiger partial charge on any atom is -0.378 e. The van der Waals surface area contributed by atoms with E-state index in [-0.39, 0.29) is 5.54 Å². The van der Waals surface area contributed by atoms with Gasteiger partial charge >= 0.3 is 0 Å². The standard InChI is InChI=1S/C11H26N4O/c1-14-6-7-15-8-9-16-10-11(15,2-4-12)3-5-13/h14H,2-10,12-13H2,1H3. The zero-order valence-electron chi connectivity index (χ0n) is 10.4. The van der Waals surface area contributed by atoms with Crippen LogP contribution < -0.4 is 16.8 Å². The summed E-state index contributed by atoms with van der Waals surface area (Å²) in [6.07, 6.45) is 1.93. The molecule has 1 rings (SSSR count). The molecule has 0 aromatic carbocycles. The van der Waals surface area contributed by atoms with Crippen LogP contribution in [0, 0.1) is 0 Å². The van der Waals surface area contributed by atoms with Gasteiger partial charge in [0.15, 0.2) is 0 Å². The molecule has 0 atom stereocenters. The van der Waals surface area contributed by atoms with Crippen molar-refractivity contribution in [2.45, 2.75) is 18.4 Å². The normalized spacial score (nSPS) is 21.2. The van der Waals surface area contributed by atoms with Crippen molar-refractivity contribution in [1.82, 2.24) is 10.2 Å². The second kappa shape index (κ2) is 7.19. The van der Waals surface area contributed by atoms with Crippen molar-refractivity contribution in [1.29, 1.82) is 0 Å². The molecule has 16 heavy (non-hydrogen) atoms. The molecule has 1 saturated heterocycles. The zero-order chi connectivity index (χ0) is 11.9. The predicted octanol–water partition coefficient (Wildman–Crippen LogP) is -1.03. The van der Waals surface area contributed by atoms with Crippen LogP contribution in [0.2, 0.25) is 0 Å². The van der Waals surface area contributed by atoms with Crippen molar-refractivity contribution >= 4 is 0 Å². The highest BCUT2D eigenvalue weighted by Gasteiger charge is 2.37. The minimum atomic E-state index is 0.0681. The van der Waals surface area contributed by atoms with Crippen LogP contribution in [0.25, 0.3) is 0 Å². The number of rotatable bonds is 7. The van der Waals surface area contributed by atoms with Crippen molar-refractivity contribution in [2.24, 2.45) is 11.5 Å². The molecule has 0 aromatic heterocycles. The number of hydrogen-bond donors (Lipinski definition) is 3. The fourth-order valence-electron chi connectivity index (χ4n) is 2.48. The second-order valence-corrected chi connectivity index (χ2v) is 4.44. The molecule has 0 radical (unpaired) electrons. The Labute approximate surface area is 98.5 Å². The molecule has 0 aliphatic carbocycles. The van der Waals surface area contributed by atoms with Gasteiger partial charge in [-0.1, -0.05) is 0 Å². The van der Waals surface area contributed by atoms with E-state index in [1.54, 1.807) is 0 Å². The van der Waals surface area contributed by atoms with E-state index in [2.05, 4.69) is 10.2 Å². The summed E-state index contributed by atoms with van der Waals surface area (Å²) >= 11 is 0. The quantitative estimate of drug-likeness (QED) is 0.521. The molecule has 1 aliphatic rings. The van der Waals surface area contributed by atoms with Crippen molar-refractivity contribution < 1.29 is 4.74 Å². The maximum atomic E-state index is 5.73. The molecule has 0 aromatic rings. The van der Waals surface area contributed by atoms with Gasteiger partial charge in [0.1, 0.15) is 0 Å². The van der Waals surface area contributed by atoms with Gasteiger partial charge in [-0.05, 0) is 33.0 Å². The summed E-state index contributed by atoms with van der Waals surface area (Å²) < 4.78 is 5.63. The van der Waals surface area contributed by atoms with Gasteiger partial charge in [-0.3, -0.25) is 4.90 Å². The van der Waals surface area contributed by atoms with Gasteiger partial charge in [-0.15, -0.1) is 0 Å². The molecule has 1 heterocycles. The van der Waals surface area contributed by atoms with Crippen molar-refractivity contribution in [3.05, 3.63) is 0 Å². The Hall–Kier alpha value is -0.200. The van der Waals surface area contributed by atoms with Gasteiger partial charge in [0, 0.05) is 25.2 Å². The SMILES string of the molecule is CNCCN1CCOCC1(CCN)CCN. The molecule has 1 fully saturated rings. The van der Waals surface area contributed by atoms with Gasteiger partial charge in [0.05, 0.1) is 13.2 Å². The van der Waals surface area contributed by atoms with E-state index in [1.165, 1.54) is 0 Å². The van der Waals surface area contributed by atoms with E-state index >= 15 is 0 Å². The maximum absolute atomic E-state index is 5.73. The largest absolute Gasteiger partial charge is 0.378 e. The Balaban J connectivity index is 2.64. The predicted molar refractivity (Wildman–Crippen MR) is 66.4 cm³/mol. The van der Waals surface area contributed by atoms with Gasteiger partial charge in [-0.2, -0.15) is 0 Å². The Bertz CT molecular complexity index is 177. The van der Waals surface area contributed by atoms with E-state index in [0.717, 1.165) is 45.7 Å². The molecule has 0 bridgehead atoms. The van der Waals surface area contributed by atoms with Crippen LogP contribution in [0.5, 0.6) is 0 Å². The Morgan fingerprint density at radius 2 is 2.00 bits per heavy atom. The van der Waals surface area contributed by atoms with E-state index in [0.29, 0.717) is 13.1 Å². The summed E-state index contributed by atoms with van der Waals surface area (Å²) in [6.45, 7) is 6.00. The third-order valence-corrected chi connectivity index (χ3v) is 3.40. The highest BCUT2D eigenvalue weighted by molar-refractivity contribution is 4.93. The van der Waals surface area contributed by atoms with E-state index in [4.69, 9.17) is 16.2 Å². The van der Waals surface area contributed by atoms with E-state index in [9.17, 15) is 0 Å². The number of nitrogens with two attached hydrogens (primary N) is 2. The third-order valence-electron chi connectivity index (χ3n) is 3.40. The third kappa shape index (κ3) is 3.40. The maximum Gasteiger partial charge on any atom is 0.0652 e. The van der Waals surface area contributed by atoms with Crippen LogP contribution in [0.4, 0.5) is 0 Å². The Kier molecular flexibility index (Phi) is 6.23. The van der Waals surface area contributed by atoms with Crippen LogP contribution in [0.15, 0.2) is 0 Å². The van der Waals surface area contributed by atoms with Crippen molar-refractivity contribution in [3.8, 4) is 0 Å². The molecule has 0 saturated carbocycles. The molecular weight excluding hydrogens is 204 g/mol. The number of nitrogens with zero attached hydrogens (tertiary/aromatic N) is 1. The van der Waals surface area contributed by atoms with Gasteiger partial charge in [0.25, 0.3) is 0 Å². The zero-order valence-corrected chi connectivity index (χ0v) is 10.4. The average Bonchev–Trinajstić information content (AvgIpc) is 2.29. The lowest BCUT2D eigenvalue weighted by atomic mass is 9.88. The number of morpholine rings is 1. The number of likely N-dealkylation sites (N-methyl/N-ethyl adjacent to an activating group) is 1. The molecule has 1 aliphatic heterocycles. The molecule has 96 valence electrons. The Morgan fingerprint density at radius 1 is 1.31 bits per heavy atom. The first-order valence-electron chi connectivity index (χ1n) is 6.16. The number of ether oxygens (including phenoxy) is 1. The molecular formula is C11H26N4O. The van der Waals surface area contributed by atoms with Crippen LogP contribution in [-0.2, 0) is 4.74 Å². The van der Waals surface area contributed by atoms with E-state index in [1.807, 2.05) is 7.05 Å². The minimum absolute atomic E-state index is 0.0681. The number of nitrogens with one attached hydrogen (secondary N) is 1. The van der Waals surface area contributed by atoms with Crippen molar-refractivity contribution in [3.63, 3.8) is 0 Å². The lowest BCUT2D eigenvalue weighted by Gasteiger charge is -2.47. The highest BCUT2D eigenvalue weighted by Crippen LogP contribution is 2.26. The monoisotopic (exact) mass is 230 g/mol. The number of hydrogen-bond acceptors (Lipinski definition) is 5. The van der Waals surface area contributed by atoms with Gasteiger partial charge < -0.3 is 21.5 Å². The molecule has 0 unspecified atom stereocenters. The summed E-state index contributed by atoms with van der Waals surface area (Å²) in [5.41, 5.74) is 11.5. The highest BCUT2D eigenvalue weighted by atomic mass is 16.5. The lowest BCUT2D eigenvalue weighted by Crippen LogP contribution is -2.59. The first-order chi connectivity index (χ1) is 7.79. The lowest BCUT2D eigenvalue weighted by molar-refractivity contribution is -0.0739. The van der Waals surface area contributed by atoms with E-state index < -0.39 is 0 Å². The fraction of sp³-hybridized carbons (Fsp3) is 1.00. The first-order valence-corrected chi connectivity index (χ1v) is 6.16. The molecule has 0 spiro atoms. The van der Waals surface area contributed by atoms with Crippen LogP contribution in [-0.4, -0.2) is 63.4 Å². The topological polar surface area (TPSA) is 76.5 Å². The smallest absolute Gasteiger partial charge is 0.0652 e. The summed E-state index contributed by atoms with van der Waals surface area (Å²) in [6, 6.07) is 0. The first kappa shape index (κ1) is 13.9. The molecule has 5 nitrogen and oxygen atoms in total. The van der Waals surface area contributed by atoms with Crippen LogP contribution in [0.3, 0.4) is 0 Å². The van der Waals surface area contributed by atoms with Gasteiger partial charge in [-0.25, -0.2) is 0 Å². The summed E-state index contributed by atoms with van der Waals surface area (Å²) in [5.74, 6) is 0.